The maximum atomic E-state index is 2.42. The van der Waals surface area contributed by atoms with Crippen molar-refractivity contribution in [2.45, 2.75) is 65.0 Å². The average Bonchev–Trinajstić information content (AvgIpc) is 3.60. The van der Waals surface area contributed by atoms with E-state index in [1.54, 1.807) is 23.3 Å². The van der Waals surface area contributed by atoms with Gasteiger partial charge in [0.1, 0.15) is 0 Å². The standard InChI is InChI=1S/C22H23.C16H13.C2H6Si.2ClH.Zr/c1-22(2,3)19-11-9-16(10-12-19)20-6-4-5-17-13-18(14-21(17)20)15-7-8-15;1-12-10-14-8-5-9-15(16(14)11-12)13-6-3-2-4-7-13;1-3-2;;;/h4-6,9-15H,7-8H2,1-3H3;2-11H,1H3;1-2H3;2*1H;/q2*-1;;;;+2. The Balaban J connectivity index is 0.000000213. The van der Waals surface area contributed by atoms with Gasteiger partial charge in [0, 0.05) is 0 Å². The predicted molar refractivity (Wildman–Crippen MR) is 197 cm³/mol. The van der Waals surface area contributed by atoms with Crippen molar-refractivity contribution in [3.05, 3.63) is 132 Å². The SMILES string of the molecule is CC(C)(C)c1ccc(-c2cccc3[cH-]c(C4CC4)cc23)cc1.C[Si](C)=[Zr+2].Cc1cc2c(-c3ccccc3)cccc2[cH-]1.Cl.Cl. The number of benzene rings is 4. The van der Waals surface area contributed by atoms with Gasteiger partial charge in [-0.15, -0.1) is 93.9 Å². The molecular weight excluding hydrogens is 671 g/mol. The molecule has 44 heavy (non-hydrogen) atoms. The molecule has 6 aromatic carbocycles. The van der Waals surface area contributed by atoms with Crippen LogP contribution in [0.25, 0.3) is 43.8 Å². The molecule has 1 aliphatic carbocycles. The Morgan fingerprint density at radius 2 is 1.16 bits per heavy atom. The molecule has 0 aromatic heterocycles. The smallest absolute Gasteiger partial charge is 0.0279 e. The van der Waals surface area contributed by atoms with Crippen molar-refractivity contribution in [1.29, 1.82) is 0 Å². The minimum atomic E-state index is 0. The van der Waals surface area contributed by atoms with Crippen LogP contribution in [0.2, 0.25) is 13.1 Å². The van der Waals surface area contributed by atoms with E-state index in [9.17, 15) is 0 Å². The van der Waals surface area contributed by atoms with Crippen LogP contribution in [-0.4, -0.2) is 5.43 Å². The van der Waals surface area contributed by atoms with Gasteiger partial charge in [-0.05, 0) is 40.9 Å². The first kappa shape index (κ1) is 36.3. The molecule has 4 heteroatoms. The first-order valence-electron chi connectivity index (χ1n) is 15.1. The molecule has 0 N–H and O–H groups in total. The van der Waals surface area contributed by atoms with E-state index in [4.69, 9.17) is 0 Å². The van der Waals surface area contributed by atoms with Crippen molar-refractivity contribution < 1.29 is 23.3 Å². The van der Waals surface area contributed by atoms with Gasteiger partial charge in [0.15, 0.2) is 0 Å². The van der Waals surface area contributed by atoms with Crippen molar-refractivity contribution >= 4 is 51.8 Å². The molecule has 0 nitrogen and oxygen atoms in total. The monoisotopic (exact) mass is 712 g/mol. The van der Waals surface area contributed by atoms with E-state index < -0.39 is 0 Å². The van der Waals surface area contributed by atoms with Crippen LogP contribution in [0.5, 0.6) is 0 Å². The summed E-state index contributed by atoms with van der Waals surface area (Å²) >= 11 is 1.74. The van der Waals surface area contributed by atoms with Crippen LogP contribution < -0.4 is 0 Å². The van der Waals surface area contributed by atoms with Crippen LogP contribution in [-0.2, 0) is 28.8 Å². The second-order valence-corrected chi connectivity index (χ2v) is 22.3. The minimum absolute atomic E-state index is 0. The molecule has 0 saturated heterocycles. The van der Waals surface area contributed by atoms with Gasteiger partial charge in [0.2, 0.25) is 0 Å². The van der Waals surface area contributed by atoms with Gasteiger partial charge >= 0.3 is 41.9 Å². The Morgan fingerprint density at radius 1 is 0.659 bits per heavy atom. The zero-order valence-electron chi connectivity index (χ0n) is 26.8. The van der Waals surface area contributed by atoms with Crippen LogP contribution in [0.1, 0.15) is 56.2 Å². The molecule has 0 unspecified atom stereocenters. The summed E-state index contributed by atoms with van der Waals surface area (Å²) in [5.74, 6) is 0.823. The number of halogens is 2. The van der Waals surface area contributed by atoms with Crippen LogP contribution in [0.4, 0.5) is 0 Å². The normalized spacial score (nSPS) is 12.3. The Morgan fingerprint density at radius 3 is 1.68 bits per heavy atom. The third-order valence-electron chi connectivity index (χ3n) is 7.86. The molecule has 1 aliphatic rings. The molecule has 1 fully saturated rings. The third kappa shape index (κ3) is 9.17. The second-order valence-electron chi connectivity index (χ2n) is 12.9. The molecule has 0 bridgehead atoms. The zero-order chi connectivity index (χ0) is 29.9. The van der Waals surface area contributed by atoms with Gasteiger partial charge in [-0.25, -0.2) is 0 Å². The predicted octanol–water partition coefficient (Wildman–Crippen LogP) is 12.6. The van der Waals surface area contributed by atoms with Gasteiger partial charge in [0.05, 0.1) is 0 Å². The maximum absolute atomic E-state index is 2.42. The molecule has 0 radical (unpaired) electrons. The molecule has 7 rings (SSSR count). The van der Waals surface area contributed by atoms with Crippen LogP contribution >= 0.6 is 24.8 Å². The fourth-order valence-electron chi connectivity index (χ4n) is 5.57. The van der Waals surface area contributed by atoms with Crippen molar-refractivity contribution in [1.82, 2.24) is 0 Å². The van der Waals surface area contributed by atoms with Crippen molar-refractivity contribution in [2.75, 3.05) is 0 Å². The summed E-state index contributed by atoms with van der Waals surface area (Å²) in [6.45, 7) is 13.6. The fraction of sp³-hybridized carbons (Fsp3) is 0.250. The van der Waals surface area contributed by atoms with Crippen molar-refractivity contribution in [3.8, 4) is 22.3 Å². The van der Waals surface area contributed by atoms with Gasteiger partial charge in [0.25, 0.3) is 0 Å². The quantitative estimate of drug-likeness (QED) is 0.126. The molecule has 226 valence electrons. The summed E-state index contributed by atoms with van der Waals surface area (Å²) in [7, 11) is 0. The first-order chi connectivity index (χ1) is 20.1. The summed E-state index contributed by atoms with van der Waals surface area (Å²) in [6, 6.07) is 42.2. The molecular formula is C40H44Cl2SiZr. The molecule has 0 amide bonds. The maximum Gasteiger partial charge on any atom is -0.0279 e. The van der Waals surface area contributed by atoms with Crippen LogP contribution in [0.15, 0.2) is 115 Å². The van der Waals surface area contributed by atoms with Crippen molar-refractivity contribution in [2.24, 2.45) is 0 Å². The number of hydrogen-bond donors (Lipinski definition) is 0. The third-order valence-corrected chi connectivity index (χ3v) is 7.86. The van der Waals surface area contributed by atoms with E-state index in [0.29, 0.717) is 0 Å². The minimum Gasteiger partial charge on any atom is -0.165 e. The van der Waals surface area contributed by atoms with Crippen LogP contribution in [0, 0.1) is 6.92 Å². The first-order valence-corrected chi connectivity index (χ1v) is 21.3. The van der Waals surface area contributed by atoms with E-state index >= 15 is 0 Å². The Bertz CT molecular complexity index is 1800. The van der Waals surface area contributed by atoms with Gasteiger partial charge < -0.3 is 0 Å². The number of aryl methyl sites for hydroxylation is 1. The Hall–Kier alpha value is -2.22. The number of fused-ring (bicyclic) bond motifs is 2. The van der Waals surface area contributed by atoms with E-state index in [2.05, 4.69) is 156 Å². The molecule has 0 aliphatic heterocycles. The Kier molecular flexibility index (Phi) is 13.1. The van der Waals surface area contributed by atoms with Gasteiger partial charge in [-0.2, -0.15) is 12.1 Å². The molecule has 0 heterocycles. The zero-order valence-corrected chi connectivity index (χ0v) is 31.9. The summed E-state index contributed by atoms with van der Waals surface area (Å²) < 4.78 is 0. The summed E-state index contributed by atoms with van der Waals surface area (Å²) in [4.78, 5) is 0. The molecule has 6 aromatic rings. The van der Waals surface area contributed by atoms with Crippen LogP contribution in [0.3, 0.4) is 0 Å². The fourth-order valence-corrected chi connectivity index (χ4v) is 5.57. The second kappa shape index (κ2) is 15.9. The van der Waals surface area contributed by atoms with Crippen molar-refractivity contribution in [3.63, 3.8) is 0 Å². The molecule has 1 saturated carbocycles. The topological polar surface area (TPSA) is 0 Å². The summed E-state index contributed by atoms with van der Waals surface area (Å²) in [5.41, 5.74) is 9.99. The largest absolute Gasteiger partial charge is 0.165 e. The summed E-state index contributed by atoms with van der Waals surface area (Å²) in [5, 5.41) is 5.48. The number of hydrogen-bond acceptors (Lipinski definition) is 0. The van der Waals surface area contributed by atoms with Gasteiger partial charge in [-0.1, -0.05) is 106 Å². The number of rotatable bonds is 3. The van der Waals surface area contributed by atoms with E-state index in [0.717, 1.165) is 5.92 Å². The molecule has 0 spiro atoms. The average molecular weight is 715 g/mol. The van der Waals surface area contributed by atoms with E-state index in [-0.39, 0.29) is 35.7 Å². The van der Waals surface area contributed by atoms with E-state index in [1.165, 1.54) is 73.3 Å². The summed E-state index contributed by atoms with van der Waals surface area (Å²) in [6.07, 6.45) is 2.73. The molecule has 0 atom stereocenters. The Labute approximate surface area is 292 Å². The van der Waals surface area contributed by atoms with Gasteiger partial charge in [-0.3, -0.25) is 0 Å². The van der Waals surface area contributed by atoms with E-state index in [1.807, 2.05) is 0 Å².